The second-order valence-corrected chi connectivity index (χ2v) is 7.28. The van der Waals surface area contributed by atoms with Crippen LogP contribution in [0, 0.1) is 5.92 Å². The average Bonchev–Trinajstić information content (AvgIpc) is 2.82. The highest BCUT2D eigenvalue weighted by Gasteiger charge is 2.35. The minimum absolute atomic E-state index is 0.0162. The van der Waals surface area contributed by atoms with E-state index in [0.717, 1.165) is 10.4 Å². The zero-order chi connectivity index (χ0) is 15.8. The fraction of sp³-hybridized carbons (Fsp3) is 0.455. The summed E-state index contributed by atoms with van der Waals surface area (Å²) >= 11 is 2.90. The van der Waals surface area contributed by atoms with Crippen molar-refractivity contribution in [3.8, 4) is 0 Å². The van der Waals surface area contributed by atoms with Gasteiger partial charge in [0.25, 0.3) is 0 Å². The molecule has 0 radical (unpaired) electrons. The molecule has 0 aromatic carbocycles. The minimum Gasteiger partial charge on any atom is -0.475 e. The number of nitrogens with two attached hydrogens (primary N) is 1. The summed E-state index contributed by atoms with van der Waals surface area (Å²) in [5, 5.41) is 8.83. The average molecular weight is 381 g/mol. The molecule has 3 N–H and O–H groups in total. The lowest BCUT2D eigenvalue weighted by atomic mass is 9.99. The van der Waals surface area contributed by atoms with Crippen LogP contribution in [0.15, 0.2) is 20.0 Å². The third kappa shape index (κ3) is 3.11. The first-order valence-electron chi connectivity index (χ1n) is 6.05. The number of sulfonamides is 1. The van der Waals surface area contributed by atoms with E-state index in [1.165, 1.54) is 0 Å². The molecule has 1 aromatic heterocycles. The summed E-state index contributed by atoms with van der Waals surface area (Å²) in [4.78, 5) is 21.8. The maximum absolute atomic E-state index is 12.5. The van der Waals surface area contributed by atoms with Crippen LogP contribution in [-0.2, 0) is 14.8 Å². The van der Waals surface area contributed by atoms with Crippen LogP contribution in [0.2, 0.25) is 0 Å². The molecule has 2 heterocycles. The fourth-order valence-electron chi connectivity index (χ4n) is 2.17. The number of piperidine rings is 1. The third-order valence-corrected chi connectivity index (χ3v) is 5.99. The number of carbonyl (C=O) groups excluding carboxylic acids is 1. The van der Waals surface area contributed by atoms with Gasteiger partial charge >= 0.3 is 5.97 Å². The highest BCUT2D eigenvalue weighted by Crippen LogP contribution is 2.31. The molecule has 1 aliphatic rings. The second kappa shape index (κ2) is 5.78. The number of rotatable bonds is 4. The summed E-state index contributed by atoms with van der Waals surface area (Å²) in [6, 6.07) is 0.940. The van der Waals surface area contributed by atoms with Crippen molar-refractivity contribution in [3.63, 3.8) is 0 Å². The highest BCUT2D eigenvalue weighted by atomic mass is 79.9. The van der Waals surface area contributed by atoms with Gasteiger partial charge in [0, 0.05) is 19.2 Å². The van der Waals surface area contributed by atoms with Gasteiger partial charge in [-0.15, -0.1) is 0 Å². The molecule has 1 amide bonds. The second-order valence-electron chi connectivity index (χ2n) is 4.66. The van der Waals surface area contributed by atoms with E-state index in [2.05, 4.69) is 15.9 Å². The molecule has 8 nitrogen and oxygen atoms in total. The standard InChI is InChI=1S/C11H13BrN2O6S/c12-9-8(4-7(20-9)11(16)17)21(18,19)14-3-1-2-6(5-14)10(13)15/h4,6H,1-3,5H2,(H2,13,15)(H,16,17). The number of primary amides is 1. The number of aromatic carboxylic acids is 1. The van der Waals surface area contributed by atoms with Crippen molar-refractivity contribution >= 4 is 37.8 Å². The molecule has 0 saturated carbocycles. The number of hydrogen-bond acceptors (Lipinski definition) is 5. The Morgan fingerprint density at radius 1 is 1.48 bits per heavy atom. The Kier molecular flexibility index (Phi) is 4.40. The van der Waals surface area contributed by atoms with E-state index < -0.39 is 33.6 Å². The number of carboxylic acid groups (broad SMARTS) is 1. The number of carboxylic acids is 1. The Bertz CT molecular complexity index is 683. The summed E-state index contributed by atoms with van der Waals surface area (Å²) in [6.07, 6.45) is 1.04. The van der Waals surface area contributed by atoms with Gasteiger partial charge in [0.15, 0.2) is 4.67 Å². The number of carbonyl (C=O) groups is 2. The number of nitrogens with zero attached hydrogens (tertiary/aromatic N) is 1. The van der Waals surface area contributed by atoms with Gasteiger partial charge in [-0.3, -0.25) is 4.79 Å². The van der Waals surface area contributed by atoms with Crippen LogP contribution in [0.1, 0.15) is 23.4 Å². The van der Waals surface area contributed by atoms with Crippen LogP contribution in [0.25, 0.3) is 0 Å². The smallest absolute Gasteiger partial charge is 0.371 e. The molecule has 21 heavy (non-hydrogen) atoms. The van der Waals surface area contributed by atoms with E-state index in [-0.39, 0.29) is 22.7 Å². The Labute approximate surface area is 129 Å². The number of amides is 1. The molecule has 1 fully saturated rings. The Balaban J connectivity index is 2.33. The zero-order valence-electron chi connectivity index (χ0n) is 10.8. The van der Waals surface area contributed by atoms with Gasteiger partial charge < -0.3 is 15.3 Å². The molecule has 1 saturated heterocycles. The largest absolute Gasteiger partial charge is 0.475 e. The van der Waals surface area contributed by atoms with Gasteiger partial charge in [-0.1, -0.05) is 0 Å². The highest BCUT2D eigenvalue weighted by molar-refractivity contribution is 9.10. The molecule has 116 valence electrons. The van der Waals surface area contributed by atoms with Gasteiger partial charge in [0.1, 0.15) is 4.90 Å². The molecule has 1 atom stereocenters. The van der Waals surface area contributed by atoms with Gasteiger partial charge in [0.05, 0.1) is 5.92 Å². The number of hydrogen-bond donors (Lipinski definition) is 2. The molecule has 1 aromatic rings. The summed E-state index contributed by atoms with van der Waals surface area (Å²) in [5.74, 6) is -2.94. The molecule has 0 bridgehead atoms. The van der Waals surface area contributed by atoms with E-state index in [9.17, 15) is 18.0 Å². The van der Waals surface area contributed by atoms with Gasteiger partial charge in [-0.2, -0.15) is 4.31 Å². The molecule has 1 aliphatic heterocycles. The topological polar surface area (TPSA) is 131 Å². The van der Waals surface area contributed by atoms with Crippen LogP contribution >= 0.6 is 15.9 Å². The quantitative estimate of drug-likeness (QED) is 0.787. The lowest BCUT2D eigenvalue weighted by molar-refractivity contribution is -0.122. The Morgan fingerprint density at radius 2 is 2.14 bits per heavy atom. The Hall–Kier alpha value is -1.39. The summed E-state index contributed by atoms with van der Waals surface area (Å²) in [7, 11) is -3.95. The predicted octanol–water partition coefficient (Wildman–Crippen LogP) is 0.626. The van der Waals surface area contributed by atoms with Crippen LogP contribution in [0.4, 0.5) is 0 Å². The van der Waals surface area contributed by atoms with Crippen molar-refractivity contribution in [2.75, 3.05) is 13.1 Å². The predicted molar refractivity (Wildman–Crippen MR) is 74.0 cm³/mol. The van der Waals surface area contributed by atoms with Crippen LogP contribution in [-0.4, -0.2) is 42.8 Å². The monoisotopic (exact) mass is 380 g/mol. The van der Waals surface area contributed by atoms with Gasteiger partial charge in [0.2, 0.25) is 21.7 Å². The van der Waals surface area contributed by atoms with Crippen molar-refractivity contribution in [2.24, 2.45) is 11.7 Å². The van der Waals surface area contributed by atoms with Crippen molar-refractivity contribution in [3.05, 3.63) is 16.5 Å². The Morgan fingerprint density at radius 3 is 2.67 bits per heavy atom. The lowest BCUT2D eigenvalue weighted by Gasteiger charge is -2.29. The lowest BCUT2D eigenvalue weighted by Crippen LogP contribution is -2.44. The van der Waals surface area contributed by atoms with Gasteiger partial charge in [-0.25, -0.2) is 13.2 Å². The van der Waals surface area contributed by atoms with E-state index >= 15 is 0 Å². The molecule has 2 rings (SSSR count). The number of furan rings is 1. The van der Waals surface area contributed by atoms with Crippen LogP contribution < -0.4 is 5.73 Å². The number of halogens is 1. The van der Waals surface area contributed by atoms with Crippen LogP contribution in [0.5, 0.6) is 0 Å². The van der Waals surface area contributed by atoms with E-state index in [1.54, 1.807) is 0 Å². The van der Waals surface area contributed by atoms with Crippen molar-refractivity contribution in [2.45, 2.75) is 17.7 Å². The molecule has 1 unspecified atom stereocenters. The summed E-state index contributed by atoms with van der Waals surface area (Å²) < 4.78 is 30.8. The first kappa shape index (κ1) is 16.0. The van der Waals surface area contributed by atoms with E-state index in [4.69, 9.17) is 15.3 Å². The van der Waals surface area contributed by atoms with E-state index in [1.807, 2.05) is 0 Å². The zero-order valence-corrected chi connectivity index (χ0v) is 13.2. The van der Waals surface area contributed by atoms with Gasteiger partial charge in [-0.05, 0) is 28.8 Å². The van der Waals surface area contributed by atoms with Crippen LogP contribution in [0.3, 0.4) is 0 Å². The first-order chi connectivity index (χ1) is 9.73. The van der Waals surface area contributed by atoms with Crippen molar-refractivity contribution in [1.29, 1.82) is 0 Å². The molecule has 0 spiro atoms. The molecule has 10 heteroatoms. The SMILES string of the molecule is NC(=O)C1CCCN(S(=O)(=O)c2cc(C(=O)O)oc2Br)C1. The summed E-state index contributed by atoms with van der Waals surface area (Å²) in [5.41, 5.74) is 5.22. The molecular formula is C11H13BrN2O6S. The molecular weight excluding hydrogens is 368 g/mol. The molecule has 0 aliphatic carbocycles. The normalized spacial score (nSPS) is 20.3. The van der Waals surface area contributed by atoms with Crippen molar-refractivity contribution < 1.29 is 27.5 Å². The minimum atomic E-state index is -3.95. The van der Waals surface area contributed by atoms with E-state index in [0.29, 0.717) is 12.8 Å². The maximum atomic E-state index is 12.5. The summed E-state index contributed by atoms with van der Waals surface area (Å²) in [6.45, 7) is 0.226. The van der Waals surface area contributed by atoms with Crippen molar-refractivity contribution in [1.82, 2.24) is 4.31 Å². The fourth-order valence-corrected chi connectivity index (χ4v) is 4.59. The maximum Gasteiger partial charge on any atom is 0.371 e. The first-order valence-corrected chi connectivity index (χ1v) is 8.29. The third-order valence-electron chi connectivity index (χ3n) is 3.27.